The van der Waals surface area contributed by atoms with E-state index in [2.05, 4.69) is 24.3 Å². The van der Waals surface area contributed by atoms with Gasteiger partial charge in [0.25, 0.3) is 0 Å². The lowest BCUT2D eigenvalue weighted by molar-refractivity contribution is -0.155. The van der Waals surface area contributed by atoms with Crippen LogP contribution >= 0.6 is 11.6 Å². The average Bonchev–Trinajstić information content (AvgIpc) is 3.24. The standard InChI is InChI=1S/C28H30ClNO3/c1-27(2,3)28(17-15-20(16-18-28)19-9-5-4-6-10-19)26(33)30-23(13-14-24(30)25(31)32)21-11-7-8-12-22(21)29/h4-12,15-18,20,23-24H,13-14H2,1-3H3,(H,31,32)/t20?,23-,24+,28?/m1/s1. The van der Waals surface area contributed by atoms with E-state index < -0.39 is 22.8 Å². The molecule has 1 aliphatic carbocycles. The molecule has 4 rings (SSSR count). The molecule has 2 atom stereocenters. The summed E-state index contributed by atoms with van der Waals surface area (Å²) in [5, 5.41) is 10.5. The van der Waals surface area contributed by atoms with Crippen molar-refractivity contribution in [1.29, 1.82) is 0 Å². The number of hydrogen-bond acceptors (Lipinski definition) is 2. The van der Waals surface area contributed by atoms with E-state index in [1.165, 1.54) is 0 Å². The summed E-state index contributed by atoms with van der Waals surface area (Å²) in [6, 6.07) is 16.3. The number of aliphatic carboxylic acids is 1. The molecular formula is C28H30ClNO3. The smallest absolute Gasteiger partial charge is 0.326 e. The van der Waals surface area contributed by atoms with E-state index in [0.29, 0.717) is 17.9 Å². The van der Waals surface area contributed by atoms with Crippen LogP contribution in [0.3, 0.4) is 0 Å². The van der Waals surface area contributed by atoms with Gasteiger partial charge in [0.2, 0.25) is 5.91 Å². The van der Waals surface area contributed by atoms with Crippen molar-refractivity contribution in [3.05, 3.63) is 95.1 Å². The lowest BCUT2D eigenvalue weighted by Gasteiger charge is -2.45. The van der Waals surface area contributed by atoms with Crippen molar-refractivity contribution in [2.24, 2.45) is 10.8 Å². The predicted octanol–water partition coefficient (Wildman–Crippen LogP) is 6.40. The number of carboxylic acid groups (broad SMARTS) is 1. The van der Waals surface area contributed by atoms with Gasteiger partial charge in [-0.25, -0.2) is 4.79 Å². The zero-order valence-corrected chi connectivity index (χ0v) is 20.0. The van der Waals surface area contributed by atoms with E-state index in [1.807, 2.05) is 69.3 Å². The molecule has 0 saturated carbocycles. The number of carbonyl (C=O) groups is 2. The quantitative estimate of drug-likeness (QED) is 0.534. The molecule has 1 fully saturated rings. The summed E-state index contributed by atoms with van der Waals surface area (Å²) in [5.74, 6) is -1.10. The van der Waals surface area contributed by atoms with Crippen molar-refractivity contribution in [3.63, 3.8) is 0 Å². The number of amides is 1. The number of allylic oxidation sites excluding steroid dienone is 2. The van der Waals surface area contributed by atoms with Gasteiger partial charge < -0.3 is 10.0 Å². The van der Waals surface area contributed by atoms with Gasteiger partial charge in [-0.1, -0.05) is 105 Å². The van der Waals surface area contributed by atoms with Gasteiger partial charge in [-0.2, -0.15) is 0 Å². The van der Waals surface area contributed by atoms with Gasteiger partial charge in [0.05, 0.1) is 11.5 Å². The molecule has 2 aliphatic rings. The van der Waals surface area contributed by atoms with Crippen LogP contribution < -0.4 is 0 Å². The second-order valence-electron chi connectivity index (χ2n) is 9.95. The zero-order chi connectivity index (χ0) is 23.8. The highest BCUT2D eigenvalue weighted by Gasteiger charge is 2.53. The van der Waals surface area contributed by atoms with Crippen LogP contribution in [-0.2, 0) is 9.59 Å². The zero-order valence-electron chi connectivity index (χ0n) is 19.2. The van der Waals surface area contributed by atoms with Crippen LogP contribution in [0.5, 0.6) is 0 Å². The third-order valence-electron chi connectivity index (χ3n) is 7.08. The van der Waals surface area contributed by atoms with E-state index >= 15 is 0 Å². The molecule has 0 bridgehead atoms. The molecule has 33 heavy (non-hydrogen) atoms. The fraction of sp³-hybridized carbons (Fsp3) is 0.357. The summed E-state index contributed by atoms with van der Waals surface area (Å²) < 4.78 is 0. The largest absolute Gasteiger partial charge is 0.480 e. The Morgan fingerprint density at radius 2 is 1.58 bits per heavy atom. The van der Waals surface area contributed by atoms with E-state index in [1.54, 1.807) is 11.0 Å². The van der Waals surface area contributed by atoms with Crippen LogP contribution in [0, 0.1) is 10.8 Å². The first kappa shape index (κ1) is 23.3. The maximum Gasteiger partial charge on any atom is 0.326 e. The van der Waals surface area contributed by atoms with E-state index in [0.717, 1.165) is 11.1 Å². The van der Waals surface area contributed by atoms with Crippen molar-refractivity contribution < 1.29 is 14.7 Å². The third kappa shape index (κ3) is 4.13. The molecule has 1 saturated heterocycles. The molecule has 0 unspecified atom stereocenters. The van der Waals surface area contributed by atoms with Crippen molar-refractivity contribution in [3.8, 4) is 0 Å². The molecule has 0 spiro atoms. The normalized spacial score (nSPS) is 27.0. The number of rotatable bonds is 4. The Hall–Kier alpha value is -2.85. The molecule has 172 valence electrons. The monoisotopic (exact) mass is 463 g/mol. The number of benzene rings is 2. The van der Waals surface area contributed by atoms with Gasteiger partial charge in [-0.3, -0.25) is 4.79 Å². The lowest BCUT2D eigenvalue weighted by atomic mass is 9.62. The Balaban J connectivity index is 1.76. The number of halogens is 1. The van der Waals surface area contributed by atoms with Crippen molar-refractivity contribution in [2.75, 3.05) is 0 Å². The summed E-state index contributed by atoms with van der Waals surface area (Å²) in [5.41, 5.74) is 0.523. The van der Waals surface area contributed by atoms with Crippen molar-refractivity contribution in [2.45, 2.75) is 51.6 Å². The number of likely N-dealkylation sites (tertiary alicyclic amines) is 1. The molecule has 1 aliphatic heterocycles. The Labute approximate surface area is 200 Å². The van der Waals surface area contributed by atoms with Crippen LogP contribution in [0.1, 0.15) is 56.7 Å². The number of hydrogen-bond donors (Lipinski definition) is 1. The van der Waals surface area contributed by atoms with Crippen LogP contribution in [0.15, 0.2) is 78.9 Å². The highest BCUT2D eigenvalue weighted by atomic mass is 35.5. The number of nitrogens with zero attached hydrogens (tertiary/aromatic N) is 1. The summed E-state index contributed by atoms with van der Waals surface area (Å²) in [6.45, 7) is 6.08. The maximum atomic E-state index is 14.3. The molecule has 1 N–H and O–H groups in total. The van der Waals surface area contributed by atoms with Gasteiger partial charge in [0.1, 0.15) is 6.04 Å². The summed E-state index contributed by atoms with van der Waals surface area (Å²) in [7, 11) is 0. The summed E-state index contributed by atoms with van der Waals surface area (Å²) >= 11 is 6.49. The Kier molecular flexibility index (Phi) is 6.24. The van der Waals surface area contributed by atoms with Crippen LogP contribution in [0.2, 0.25) is 5.02 Å². The topological polar surface area (TPSA) is 57.6 Å². The van der Waals surface area contributed by atoms with E-state index in [9.17, 15) is 14.7 Å². The Morgan fingerprint density at radius 1 is 0.970 bits per heavy atom. The van der Waals surface area contributed by atoms with Crippen LogP contribution in [0.4, 0.5) is 0 Å². The first-order chi connectivity index (χ1) is 15.7. The Bertz CT molecular complexity index is 1090. The van der Waals surface area contributed by atoms with Gasteiger partial charge in [0, 0.05) is 10.9 Å². The highest BCUT2D eigenvalue weighted by Crippen LogP contribution is 2.50. The predicted molar refractivity (Wildman–Crippen MR) is 131 cm³/mol. The SMILES string of the molecule is CC(C)(C)C1(C(=O)N2[C@@H](c3ccccc3Cl)CC[C@H]2C(=O)O)C=CC(c2ccccc2)C=C1. The molecule has 1 amide bonds. The van der Waals surface area contributed by atoms with E-state index in [4.69, 9.17) is 11.6 Å². The molecule has 0 radical (unpaired) electrons. The number of carbonyl (C=O) groups excluding carboxylic acids is 1. The first-order valence-electron chi connectivity index (χ1n) is 11.4. The molecule has 4 nitrogen and oxygen atoms in total. The fourth-order valence-corrected chi connectivity index (χ4v) is 5.35. The summed E-state index contributed by atoms with van der Waals surface area (Å²) in [4.78, 5) is 28.1. The second-order valence-corrected chi connectivity index (χ2v) is 10.4. The van der Waals surface area contributed by atoms with Crippen LogP contribution in [-0.4, -0.2) is 27.9 Å². The van der Waals surface area contributed by atoms with Gasteiger partial charge in [0.15, 0.2) is 0 Å². The van der Waals surface area contributed by atoms with Gasteiger partial charge in [-0.05, 0) is 35.4 Å². The maximum absolute atomic E-state index is 14.3. The fourth-order valence-electron chi connectivity index (χ4n) is 5.09. The third-order valence-corrected chi connectivity index (χ3v) is 7.43. The van der Waals surface area contributed by atoms with Gasteiger partial charge >= 0.3 is 5.97 Å². The van der Waals surface area contributed by atoms with Crippen molar-refractivity contribution >= 4 is 23.5 Å². The molecule has 1 heterocycles. The minimum atomic E-state index is -0.979. The molecule has 0 aromatic heterocycles. The Morgan fingerprint density at radius 3 is 2.15 bits per heavy atom. The molecule has 2 aromatic rings. The molecule has 5 heteroatoms. The first-order valence-corrected chi connectivity index (χ1v) is 11.8. The van der Waals surface area contributed by atoms with E-state index in [-0.39, 0.29) is 17.9 Å². The highest BCUT2D eigenvalue weighted by molar-refractivity contribution is 6.31. The van der Waals surface area contributed by atoms with Crippen molar-refractivity contribution in [1.82, 2.24) is 4.90 Å². The molecule has 2 aromatic carbocycles. The molecular weight excluding hydrogens is 434 g/mol. The number of carboxylic acids is 1. The average molecular weight is 464 g/mol. The minimum Gasteiger partial charge on any atom is -0.480 e. The summed E-state index contributed by atoms with van der Waals surface area (Å²) in [6.07, 6.45) is 9.05. The minimum absolute atomic E-state index is 0.0719. The lowest BCUT2D eigenvalue weighted by Crippen LogP contribution is -2.53. The second kappa shape index (κ2) is 8.83. The van der Waals surface area contributed by atoms with Crippen LogP contribution in [0.25, 0.3) is 0 Å². The van der Waals surface area contributed by atoms with Gasteiger partial charge in [-0.15, -0.1) is 0 Å².